The highest BCUT2D eigenvalue weighted by Gasteiger charge is 2.17. The van der Waals surface area contributed by atoms with E-state index >= 15 is 0 Å². The van der Waals surface area contributed by atoms with E-state index in [1.165, 1.54) is 0 Å². The molecule has 0 radical (unpaired) electrons. The van der Waals surface area contributed by atoms with Gasteiger partial charge in [0.25, 0.3) is 0 Å². The standard InChI is InChI=1S/C32H34O12/c1-5-29(33)40-20-27(43-31(35)7-3)18-38-24-11-9-23(10-12-24)17-37-22-42-26-15-13-25(14-16-26)39-19-28(44-32(36)8-4)21-41-30(34)6-2/h5-16,27-28H,1-4,17-22H2. The maximum atomic E-state index is 11.5. The molecule has 2 aromatic carbocycles. The zero-order valence-corrected chi connectivity index (χ0v) is 24.1. The molecule has 0 saturated carbocycles. The van der Waals surface area contributed by atoms with E-state index in [4.69, 9.17) is 37.9 Å². The molecule has 12 nitrogen and oxygen atoms in total. The molecule has 44 heavy (non-hydrogen) atoms. The van der Waals surface area contributed by atoms with Gasteiger partial charge in [0.2, 0.25) is 0 Å². The van der Waals surface area contributed by atoms with Gasteiger partial charge in [0.05, 0.1) is 6.61 Å². The van der Waals surface area contributed by atoms with Gasteiger partial charge >= 0.3 is 23.9 Å². The van der Waals surface area contributed by atoms with Crippen LogP contribution >= 0.6 is 0 Å². The first kappa shape index (κ1) is 34.8. The Balaban J connectivity index is 1.75. The van der Waals surface area contributed by atoms with E-state index in [0.717, 1.165) is 29.9 Å². The van der Waals surface area contributed by atoms with Gasteiger partial charge in [-0.3, -0.25) is 0 Å². The van der Waals surface area contributed by atoms with Gasteiger partial charge in [0, 0.05) is 24.3 Å². The molecular weight excluding hydrogens is 576 g/mol. The lowest BCUT2D eigenvalue weighted by Crippen LogP contribution is -2.30. The molecule has 0 heterocycles. The average Bonchev–Trinajstić information content (AvgIpc) is 3.05. The van der Waals surface area contributed by atoms with Crippen molar-refractivity contribution in [2.75, 3.05) is 33.2 Å². The molecule has 0 aliphatic heterocycles. The van der Waals surface area contributed by atoms with Crippen molar-refractivity contribution in [2.24, 2.45) is 0 Å². The highest BCUT2D eigenvalue weighted by molar-refractivity contribution is 5.82. The molecular formula is C32H34O12. The fourth-order valence-electron chi connectivity index (χ4n) is 3.09. The van der Waals surface area contributed by atoms with E-state index in [9.17, 15) is 19.2 Å². The summed E-state index contributed by atoms with van der Waals surface area (Å²) in [5, 5.41) is 0. The second-order valence-corrected chi connectivity index (χ2v) is 8.54. The summed E-state index contributed by atoms with van der Waals surface area (Å²) in [6.07, 6.45) is 2.33. The lowest BCUT2D eigenvalue weighted by Gasteiger charge is -2.17. The largest absolute Gasteiger partial charge is 0.490 e. The Hall–Kier alpha value is -5.36. The Bertz CT molecular complexity index is 1170. The maximum absolute atomic E-state index is 11.5. The van der Waals surface area contributed by atoms with Crippen LogP contribution in [-0.4, -0.2) is 69.3 Å². The van der Waals surface area contributed by atoms with Crippen LogP contribution in [0.2, 0.25) is 0 Å². The summed E-state index contributed by atoms with van der Waals surface area (Å²) in [5.74, 6) is -1.15. The average molecular weight is 611 g/mol. The highest BCUT2D eigenvalue weighted by Crippen LogP contribution is 2.19. The Morgan fingerprint density at radius 3 is 1.34 bits per heavy atom. The minimum Gasteiger partial charge on any atom is -0.490 e. The molecule has 0 bridgehead atoms. The van der Waals surface area contributed by atoms with E-state index in [1.54, 1.807) is 48.5 Å². The van der Waals surface area contributed by atoms with Gasteiger partial charge in [-0.1, -0.05) is 38.4 Å². The number of carbonyl (C=O) groups excluding carboxylic acids is 4. The van der Waals surface area contributed by atoms with Gasteiger partial charge in [-0.25, -0.2) is 19.2 Å². The van der Waals surface area contributed by atoms with Crippen LogP contribution in [-0.2, 0) is 49.5 Å². The number of rotatable bonds is 21. The van der Waals surface area contributed by atoms with Crippen molar-refractivity contribution in [1.29, 1.82) is 0 Å². The molecule has 0 N–H and O–H groups in total. The molecule has 0 amide bonds. The van der Waals surface area contributed by atoms with Crippen LogP contribution in [0.25, 0.3) is 0 Å². The van der Waals surface area contributed by atoms with E-state index in [1.807, 2.05) is 0 Å². The Labute approximate surface area is 255 Å². The first-order valence-electron chi connectivity index (χ1n) is 13.2. The van der Waals surface area contributed by atoms with E-state index in [2.05, 4.69) is 26.3 Å². The molecule has 2 unspecified atom stereocenters. The molecule has 0 spiro atoms. The van der Waals surface area contributed by atoms with Crippen LogP contribution in [0.1, 0.15) is 5.56 Å². The third kappa shape index (κ3) is 14.0. The summed E-state index contributed by atoms with van der Waals surface area (Å²) in [6, 6.07) is 13.7. The molecule has 2 atom stereocenters. The number of carbonyl (C=O) groups is 4. The third-order valence-electron chi connectivity index (χ3n) is 5.25. The first-order valence-corrected chi connectivity index (χ1v) is 13.2. The van der Waals surface area contributed by atoms with Gasteiger partial charge in [-0.05, 0) is 42.0 Å². The van der Waals surface area contributed by atoms with E-state index in [-0.39, 0.29) is 39.8 Å². The summed E-state index contributed by atoms with van der Waals surface area (Å²) in [6.45, 7) is 13.0. The predicted molar refractivity (Wildman–Crippen MR) is 157 cm³/mol. The van der Waals surface area contributed by atoms with Crippen LogP contribution in [0.15, 0.2) is 99.2 Å². The van der Waals surface area contributed by atoms with Gasteiger partial charge < -0.3 is 37.9 Å². The summed E-state index contributed by atoms with van der Waals surface area (Å²) >= 11 is 0. The molecule has 0 fully saturated rings. The van der Waals surface area contributed by atoms with Gasteiger partial charge in [-0.2, -0.15) is 0 Å². The van der Waals surface area contributed by atoms with Crippen LogP contribution in [0, 0.1) is 0 Å². The number of ether oxygens (including phenoxy) is 8. The third-order valence-corrected chi connectivity index (χ3v) is 5.25. The number of hydrogen-bond donors (Lipinski definition) is 0. The summed E-state index contributed by atoms with van der Waals surface area (Å²) in [7, 11) is 0. The van der Waals surface area contributed by atoms with Crippen LogP contribution < -0.4 is 14.2 Å². The van der Waals surface area contributed by atoms with Crippen molar-refractivity contribution in [3.63, 3.8) is 0 Å². The Morgan fingerprint density at radius 1 is 0.545 bits per heavy atom. The summed E-state index contributed by atoms with van der Waals surface area (Å²) in [5.41, 5.74) is 0.852. The second kappa shape index (κ2) is 19.7. The van der Waals surface area contributed by atoms with Gasteiger partial charge in [0.15, 0.2) is 19.0 Å². The van der Waals surface area contributed by atoms with Crippen molar-refractivity contribution < 1.29 is 57.1 Å². The van der Waals surface area contributed by atoms with Crippen LogP contribution in [0.5, 0.6) is 17.2 Å². The van der Waals surface area contributed by atoms with Gasteiger partial charge in [0.1, 0.15) is 43.7 Å². The predicted octanol–water partition coefficient (Wildman–Crippen LogP) is 3.65. The normalized spacial score (nSPS) is 11.5. The molecule has 12 heteroatoms. The Morgan fingerprint density at radius 2 is 0.932 bits per heavy atom. The lowest BCUT2D eigenvalue weighted by atomic mass is 10.2. The highest BCUT2D eigenvalue weighted by atomic mass is 16.7. The zero-order chi connectivity index (χ0) is 32.2. The zero-order valence-electron chi connectivity index (χ0n) is 24.1. The van der Waals surface area contributed by atoms with E-state index < -0.39 is 36.1 Å². The monoisotopic (exact) mass is 610 g/mol. The number of benzene rings is 2. The quantitative estimate of drug-likeness (QED) is 0.0669. The fraction of sp³-hybridized carbons (Fsp3) is 0.250. The fourth-order valence-corrected chi connectivity index (χ4v) is 3.09. The lowest BCUT2D eigenvalue weighted by molar-refractivity contribution is -0.154. The topological polar surface area (TPSA) is 142 Å². The molecule has 234 valence electrons. The van der Waals surface area contributed by atoms with Crippen LogP contribution in [0.3, 0.4) is 0 Å². The summed E-state index contributed by atoms with van der Waals surface area (Å²) in [4.78, 5) is 45.7. The van der Waals surface area contributed by atoms with E-state index in [0.29, 0.717) is 17.2 Å². The smallest absolute Gasteiger partial charge is 0.330 e. The molecule has 0 aromatic heterocycles. The van der Waals surface area contributed by atoms with Crippen molar-refractivity contribution in [1.82, 2.24) is 0 Å². The minimum atomic E-state index is -0.845. The van der Waals surface area contributed by atoms with Crippen molar-refractivity contribution >= 4 is 23.9 Å². The second-order valence-electron chi connectivity index (χ2n) is 8.54. The van der Waals surface area contributed by atoms with Crippen molar-refractivity contribution in [3.05, 3.63) is 105 Å². The number of esters is 4. The maximum Gasteiger partial charge on any atom is 0.330 e. The SMILES string of the molecule is C=CC(=O)OCC(COc1ccc(COCOc2ccc(OCC(COC(=O)C=C)OC(=O)C=C)cc2)cc1)OC(=O)C=C. The van der Waals surface area contributed by atoms with Crippen molar-refractivity contribution in [2.45, 2.75) is 18.8 Å². The molecule has 0 aliphatic carbocycles. The molecule has 2 rings (SSSR count). The molecule has 0 saturated heterocycles. The van der Waals surface area contributed by atoms with Crippen molar-refractivity contribution in [3.8, 4) is 17.2 Å². The van der Waals surface area contributed by atoms with Crippen LogP contribution in [0.4, 0.5) is 0 Å². The first-order chi connectivity index (χ1) is 21.3. The molecule has 0 aliphatic rings. The summed E-state index contributed by atoms with van der Waals surface area (Å²) < 4.78 is 42.6. The number of hydrogen-bond acceptors (Lipinski definition) is 12. The minimum absolute atomic E-state index is 0.0213. The Kier molecular flexibility index (Phi) is 15.6. The van der Waals surface area contributed by atoms with Gasteiger partial charge in [-0.15, -0.1) is 0 Å². The molecule has 2 aromatic rings.